The van der Waals surface area contributed by atoms with Gasteiger partial charge in [0.2, 0.25) is 0 Å². The fraction of sp³-hybridized carbons (Fsp3) is 0. The minimum atomic E-state index is 0.909. The highest BCUT2D eigenvalue weighted by Gasteiger charge is 2.17. The number of para-hydroxylation sites is 2. The summed E-state index contributed by atoms with van der Waals surface area (Å²) in [5, 5.41) is 4.73. The molecular formula is C46H31NO. The first-order valence-electron chi connectivity index (χ1n) is 16.3. The standard InChI is InChI=1S/C46H31NO/c1-3-12-32(13-4-1)35-15-11-16-36(30-35)33-22-26-39(27-23-33)47(38-17-5-2-6-18-38)40-28-24-34(25-29-40)43-31-37-14-7-8-19-41(37)45-42-20-9-10-21-44(42)48-46(43)45/h1-31H. The molecule has 1 heterocycles. The van der Waals surface area contributed by atoms with E-state index in [2.05, 4.69) is 187 Å². The second kappa shape index (κ2) is 11.8. The Hall–Kier alpha value is -6.38. The molecule has 9 rings (SSSR count). The van der Waals surface area contributed by atoms with E-state index in [9.17, 15) is 0 Å². The topological polar surface area (TPSA) is 16.4 Å². The highest BCUT2D eigenvalue weighted by Crippen LogP contribution is 2.42. The Morgan fingerprint density at radius 3 is 1.58 bits per heavy atom. The van der Waals surface area contributed by atoms with Gasteiger partial charge < -0.3 is 9.32 Å². The van der Waals surface area contributed by atoms with Gasteiger partial charge in [-0.1, -0.05) is 133 Å². The van der Waals surface area contributed by atoms with Crippen LogP contribution in [0.1, 0.15) is 0 Å². The maximum Gasteiger partial charge on any atom is 0.143 e. The molecule has 0 fully saturated rings. The first-order chi connectivity index (χ1) is 23.8. The summed E-state index contributed by atoms with van der Waals surface area (Å²) in [7, 11) is 0. The Bertz CT molecular complexity index is 2530. The van der Waals surface area contributed by atoms with E-state index in [0.717, 1.165) is 44.7 Å². The van der Waals surface area contributed by atoms with Crippen molar-refractivity contribution in [2.75, 3.05) is 4.90 Å². The smallest absolute Gasteiger partial charge is 0.143 e. The van der Waals surface area contributed by atoms with E-state index in [1.54, 1.807) is 0 Å². The quantitative estimate of drug-likeness (QED) is 0.185. The van der Waals surface area contributed by atoms with Crippen LogP contribution in [0.3, 0.4) is 0 Å². The van der Waals surface area contributed by atoms with E-state index in [-0.39, 0.29) is 0 Å². The molecule has 0 N–H and O–H groups in total. The van der Waals surface area contributed by atoms with Gasteiger partial charge in [0.1, 0.15) is 11.2 Å². The van der Waals surface area contributed by atoms with Crippen LogP contribution < -0.4 is 4.90 Å². The highest BCUT2D eigenvalue weighted by atomic mass is 16.3. The summed E-state index contributed by atoms with van der Waals surface area (Å²) in [6, 6.07) is 66.8. The Morgan fingerprint density at radius 2 is 0.875 bits per heavy atom. The van der Waals surface area contributed by atoms with Gasteiger partial charge in [0, 0.05) is 33.4 Å². The van der Waals surface area contributed by atoms with Gasteiger partial charge in [-0.25, -0.2) is 0 Å². The number of benzene rings is 8. The fourth-order valence-corrected chi connectivity index (χ4v) is 6.91. The fourth-order valence-electron chi connectivity index (χ4n) is 6.91. The van der Waals surface area contributed by atoms with Crippen LogP contribution in [0.4, 0.5) is 17.1 Å². The van der Waals surface area contributed by atoms with Crippen LogP contribution in [0.5, 0.6) is 0 Å². The molecule has 226 valence electrons. The largest absolute Gasteiger partial charge is 0.455 e. The van der Waals surface area contributed by atoms with E-state index < -0.39 is 0 Å². The maximum atomic E-state index is 6.53. The number of anilines is 3. The van der Waals surface area contributed by atoms with Crippen LogP contribution in [0.25, 0.3) is 66.1 Å². The van der Waals surface area contributed by atoms with Crippen molar-refractivity contribution in [3.63, 3.8) is 0 Å². The zero-order valence-electron chi connectivity index (χ0n) is 26.3. The maximum absolute atomic E-state index is 6.53. The van der Waals surface area contributed by atoms with Crippen molar-refractivity contribution in [2.45, 2.75) is 0 Å². The number of fused-ring (bicyclic) bond motifs is 5. The summed E-state index contributed by atoms with van der Waals surface area (Å²) >= 11 is 0. The van der Waals surface area contributed by atoms with Gasteiger partial charge in [-0.05, 0) is 93.2 Å². The van der Waals surface area contributed by atoms with Crippen molar-refractivity contribution in [3.05, 3.63) is 188 Å². The molecule has 8 aromatic carbocycles. The zero-order valence-corrected chi connectivity index (χ0v) is 26.3. The lowest BCUT2D eigenvalue weighted by Gasteiger charge is -2.26. The predicted molar refractivity (Wildman–Crippen MR) is 202 cm³/mol. The van der Waals surface area contributed by atoms with E-state index in [4.69, 9.17) is 4.42 Å². The highest BCUT2D eigenvalue weighted by molar-refractivity contribution is 6.22. The summed E-state index contributed by atoms with van der Waals surface area (Å²) in [5.74, 6) is 0. The molecule has 0 saturated heterocycles. The molecule has 2 nitrogen and oxygen atoms in total. The molecule has 0 aliphatic rings. The van der Waals surface area contributed by atoms with Gasteiger partial charge in [-0.15, -0.1) is 0 Å². The molecule has 0 aliphatic heterocycles. The molecule has 0 aliphatic carbocycles. The average molecular weight is 614 g/mol. The Morgan fingerprint density at radius 1 is 0.354 bits per heavy atom. The first-order valence-corrected chi connectivity index (χ1v) is 16.3. The second-order valence-corrected chi connectivity index (χ2v) is 12.2. The van der Waals surface area contributed by atoms with Crippen LogP contribution >= 0.6 is 0 Å². The van der Waals surface area contributed by atoms with Gasteiger partial charge in [-0.3, -0.25) is 0 Å². The summed E-state index contributed by atoms with van der Waals surface area (Å²) in [5.41, 5.74) is 12.2. The SMILES string of the molecule is c1ccc(-c2cccc(-c3ccc(N(c4ccccc4)c4ccc(-c5cc6ccccc6c6c5oc5ccccc56)cc4)cc3)c2)cc1. The van der Waals surface area contributed by atoms with Gasteiger partial charge >= 0.3 is 0 Å². The third-order valence-electron chi connectivity index (χ3n) is 9.25. The number of hydrogen-bond donors (Lipinski definition) is 0. The van der Waals surface area contributed by atoms with Crippen LogP contribution in [0.15, 0.2) is 192 Å². The van der Waals surface area contributed by atoms with Gasteiger partial charge in [0.15, 0.2) is 0 Å². The number of rotatable bonds is 6. The number of hydrogen-bond acceptors (Lipinski definition) is 2. The summed E-state index contributed by atoms with van der Waals surface area (Å²) < 4.78 is 6.53. The molecule has 0 atom stereocenters. The van der Waals surface area contributed by atoms with Crippen molar-refractivity contribution >= 4 is 49.8 Å². The molecule has 0 spiro atoms. The van der Waals surface area contributed by atoms with Crippen molar-refractivity contribution in [2.24, 2.45) is 0 Å². The van der Waals surface area contributed by atoms with Crippen molar-refractivity contribution < 1.29 is 4.42 Å². The molecule has 9 aromatic rings. The van der Waals surface area contributed by atoms with Crippen LogP contribution in [0, 0.1) is 0 Å². The summed E-state index contributed by atoms with van der Waals surface area (Å²) in [6.07, 6.45) is 0. The van der Waals surface area contributed by atoms with E-state index >= 15 is 0 Å². The molecular weight excluding hydrogens is 583 g/mol. The average Bonchev–Trinajstić information content (AvgIpc) is 3.56. The number of nitrogens with zero attached hydrogens (tertiary/aromatic N) is 1. The molecule has 2 heteroatoms. The molecule has 0 amide bonds. The molecule has 48 heavy (non-hydrogen) atoms. The van der Waals surface area contributed by atoms with Crippen molar-refractivity contribution in [1.29, 1.82) is 0 Å². The molecule has 0 unspecified atom stereocenters. The van der Waals surface area contributed by atoms with Gasteiger partial charge in [-0.2, -0.15) is 0 Å². The van der Waals surface area contributed by atoms with Crippen LogP contribution in [-0.4, -0.2) is 0 Å². The first kappa shape index (κ1) is 27.9. The van der Waals surface area contributed by atoms with Gasteiger partial charge in [0.05, 0.1) is 0 Å². The van der Waals surface area contributed by atoms with E-state index in [0.29, 0.717) is 0 Å². The molecule has 0 saturated carbocycles. The van der Waals surface area contributed by atoms with Gasteiger partial charge in [0.25, 0.3) is 0 Å². The molecule has 0 radical (unpaired) electrons. The third-order valence-corrected chi connectivity index (χ3v) is 9.25. The van der Waals surface area contributed by atoms with Crippen molar-refractivity contribution in [3.8, 4) is 33.4 Å². The summed E-state index contributed by atoms with van der Waals surface area (Å²) in [6.45, 7) is 0. The Kier molecular flexibility index (Phi) is 6.84. The molecule has 1 aromatic heterocycles. The van der Waals surface area contributed by atoms with E-state index in [1.165, 1.54) is 38.4 Å². The monoisotopic (exact) mass is 613 g/mol. The number of furan rings is 1. The summed E-state index contributed by atoms with van der Waals surface area (Å²) in [4.78, 5) is 2.31. The van der Waals surface area contributed by atoms with Crippen LogP contribution in [-0.2, 0) is 0 Å². The lowest BCUT2D eigenvalue weighted by Crippen LogP contribution is -2.09. The van der Waals surface area contributed by atoms with E-state index in [1.807, 2.05) is 6.07 Å². The van der Waals surface area contributed by atoms with Crippen molar-refractivity contribution in [1.82, 2.24) is 0 Å². The lowest BCUT2D eigenvalue weighted by molar-refractivity contribution is 0.670. The normalized spacial score (nSPS) is 11.3. The van der Waals surface area contributed by atoms with Crippen LogP contribution in [0.2, 0.25) is 0 Å². The minimum absolute atomic E-state index is 0.909. The minimum Gasteiger partial charge on any atom is -0.455 e. The molecule has 0 bridgehead atoms. The predicted octanol–water partition coefficient (Wildman–Crippen LogP) is 13.2. The lowest BCUT2D eigenvalue weighted by atomic mass is 9.96. The Balaban J connectivity index is 1.11. The zero-order chi connectivity index (χ0) is 31.9. The third kappa shape index (κ3) is 4.92. The Labute approximate surface area is 279 Å². The second-order valence-electron chi connectivity index (χ2n) is 12.2.